The van der Waals surface area contributed by atoms with Crippen molar-refractivity contribution in [2.24, 2.45) is 0 Å². The summed E-state index contributed by atoms with van der Waals surface area (Å²) in [6.45, 7) is 4.01. The van der Waals surface area contributed by atoms with Gasteiger partial charge in [-0.25, -0.2) is 9.97 Å². The number of rotatable bonds is 2. The number of aromatic amines is 1. The van der Waals surface area contributed by atoms with Gasteiger partial charge >= 0.3 is 0 Å². The minimum atomic E-state index is -0.259. The van der Waals surface area contributed by atoms with Crippen LogP contribution in [-0.2, 0) is 4.74 Å². The average Bonchev–Trinajstić information content (AvgIpc) is 3.07. The van der Waals surface area contributed by atoms with Crippen molar-refractivity contribution in [1.82, 2.24) is 19.5 Å². The highest BCUT2D eigenvalue weighted by molar-refractivity contribution is 5.68. The van der Waals surface area contributed by atoms with Gasteiger partial charge in [-0.15, -0.1) is 0 Å². The van der Waals surface area contributed by atoms with Crippen molar-refractivity contribution in [1.29, 1.82) is 0 Å². The molecule has 7 heteroatoms. The summed E-state index contributed by atoms with van der Waals surface area (Å²) in [7, 11) is 0. The van der Waals surface area contributed by atoms with Crippen LogP contribution in [0.4, 0.5) is 0 Å². The summed E-state index contributed by atoms with van der Waals surface area (Å²) >= 11 is 0. The van der Waals surface area contributed by atoms with Crippen molar-refractivity contribution >= 4 is 11.2 Å². The van der Waals surface area contributed by atoms with Crippen LogP contribution in [0.3, 0.4) is 0 Å². The molecule has 0 saturated carbocycles. The van der Waals surface area contributed by atoms with Crippen LogP contribution in [0.5, 0.6) is 0 Å². The second kappa shape index (κ2) is 5.94. The molecule has 2 aromatic heterocycles. The van der Waals surface area contributed by atoms with E-state index in [0.29, 0.717) is 11.2 Å². The highest BCUT2D eigenvalue weighted by Crippen LogP contribution is 2.29. The van der Waals surface area contributed by atoms with E-state index in [0.717, 1.165) is 12.8 Å². The minimum Gasteiger partial charge on any atom is -0.394 e. The number of fused-ring (bicyclic) bond motifs is 1. The first-order valence-electron chi connectivity index (χ1n) is 6.46. The van der Waals surface area contributed by atoms with Crippen LogP contribution in [0.1, 0.15) is 32.9 Å². The van der Waals surface area contributed by atoms with Crippen LogP contribution < -0.4 is 5.56 Å². The molecule has 1 aliphatic rings. The highest BCUT2D eigenvalue weighted by atomic mass is 16.5. The van der Waals surface area contributed by atoms with Crippen LogP contribution in [0, 0.1) is 0 Å². The zero-order valence-corrected chi connectivity index (χ0v) is 11.0. The number of aliphatic hydroxyl groups excluding tert-OH is 1. The standard InChI is InChI=1S/C10H12N4O3.C2H6/c15-3-6-1-2-7(17-6)14-5-13-8-9(14)11-4-12-10(8)16;1-2/h4-7,15H,1-3H2,(H,11,12,16);1-2H3. The smallest absolute Gasteiger partial charge is 0.278 e. The molecular weight excluding hydrogens is 248 g/mol. The zero-order chi connectivity index (χ0) is 13.8. The maximum absolute atomic E-state index is 11.5. The number of nitrogens with zero attached hydrogens (tertiary/aromatic N) is 3. The third-order valence-corrected chi connectivity index (χ3v) is 2.96. The minimum absolute atomic E-state index is 0.0111. The van der Waals surface area contributed by atoms with E-state index in [2.05, 4.69) is 15.0 Å². The van der Waals surface area contributed by atoms with Crippen molar-refractivity contribution in [2.75, 3.05) is 6.61 Å². The van der Waals surface area contributed by atoms with Crippen molar-refractivity contribution in [3.8, 4) is 0 Å². The number of hydrogen-bond donors (Lipinski definition) is 2. The largest absolute Gasteiger partial charge is 0.394 e. The van der Waals surface area contributed by atoms with Gasteiger partial charge in [0.2, 0.25) is 0 Å². The highest BCUT2D eigenvalue weighted by Gasteiger charge is 2.27. The summed E-state index contributed by atoms with van der Waals surface area (Å²) in [6.07, 6.45) is 4.14. The van der Waals surface area contributed by atoms with E-state index in [9.17, 15) is 4.79 Å². The maximum Gasteiger partial charge on any atom is 0.278 e. The Labute approximate surface area is 110 Å². The zero-order valence-electron chi connectivity index (χ0n) is 11.0. The number of aliphatic hydroxyl groups is 1. The topological polar surface area (TPSA) is 93.0 Å². The van der Waals surface area contributed by atoms with Crippen LogP contribution in [-0.4, -0.2) is 37.3 Å². The second-order valence-electron chi connectivity index (χ2n) is 4.03. The average molecular weight is 266 g/mol. The monoisotopic (exact) mass is 266 g/mol. The first-order valence-corrected chi connectivity index (χ1v) is 6.46. The predicted octanol–water partition coefficient (Wildman–Crippen LogP) is 0.816. The second-order valence-corrected chi connectivity index (χ2v) is 4.03. The molecule has 0 aromatic carbocycles. The number of nitrogens with one attached hydrogen (secondary N) is 1. The maximum atomic E-state index is 11.5. The van der Waals surface area contributed by atoms with E-state index in [1.54, 1.807) is 10.9 Å². The fourth-order valence-electron chi connectivity index (χ4n) is 2.10. The molecule has 0 bridgehead atoms. The summed E-state index contributed by atoms with van der Waals surface area (Å²) in [6, 6.07) is 0. The lowest BCUT2D eigenvalue weighted by atomic mass is 10.2. The van der Waals surface area contributed by atoms with Crippen LogP contribution in [0.15, 0.2) is 17.4 Å². The molecule has 2 atom stereocenters. The lowest BCUT2D eigenvalue weighted by Crippen LogP contribution is -2.14. The summed E-state index contributed by atoms with van der Waals surface area (Å²) in [5, 5.41) is 9.02. The van der Waals surface area contributed by atoms with Gasteiger partial charge in [-0.2, -0.15) is 0 Å². The molecule has 1 saturated heterocycles. The molecule has 19 heavy (non-hydrogen) atoms. The Kier molecular flexibility index (Phi) is 4.28. The van der Waals surface area contributed by atoms with E-state index in [4.69, 9.17) is 9.84 Å². The number of hydrogen-bond acceptors (Lipinski definition) is 5. The number of H-pyrrole nitrogens is 1. The van der Waals surface area contributed by atoms with Gasteiger partial charge in [0.15, 0.2) is 11.2 Å². The van der Waals surface area contributed by atoms with E-state index in [1.807, 2.05) is 13.8 Å². The summed E-state index contributed by atoms with van der Waals surface area (Å²) in [5.41, 5.74) is 0.561. The third-order valence-electron chi connectivity index (χ3n) is 2.96. The molecular formula is C12H18N4O3. The van der Waals surface area contributed by atoms with Crippen LogP contribution >= 0.6 is 0 Å². The molecule has 7 nitrogen and oxygen atoms in total. The SMILES string of the molecule is CC.O=c1[nH]cnc2c1ncn2C1CCC(CO)O1. The number of ether oxygens (including phenoxy) is 1. The summed E-state index contributed by atoms with van der Waals surface area (Å²) in [5.74, 6) is 0. The van der Waals surface area contributed by atoms with E-state index >= 15 is 0 Å². The normalized spacial score (nSPS) is 22.3. The van der Waals surface area contributed by atoms with Crippen molar-refractivity contribution in [3.63, 3.8) is 0 Å². The van der Waals surface area contributed by atoms with Crippen molar-refractivity contribution < 1.29 is 9.84 Å². The third kappa shape index (κ3) is 2.52. The molecule has 2 N–H and O–H groups in total. The van der Waals surface area contributed by atoms with Gasteiger partial charge in [0.05, 0.1) is 25.4 Å². The lowest BCUT2D eigenvalue weighted by molar-refractivity contribution is -0.0207. The van der Waals surface area contributed by atoms with E-state index in [1.165, 1.54) is 6.33 Å². The summed E-state index contributed by atoms with van der Waals surface area (Å²) < 4.78 is 7.36. The Morgan fingerprint density at radius 2 is 2.26 bits per heavy atom. The Morgan fingerprint density at radius 1 is 1.47 bits per heavy atom. The van der Waals surface area contributed by atoms with Crippen molar-refractivity contribution in [3.05, 3.63) is 23.0 Å². The Bertz CT molecular complexity index is 592. The van der Waals surface area contributed by atoms with Gasteiger partial charge in [0.1, 0.15) is 6.23 Å². The Hall–Kier alpha value is -1.73. The molecule has 2 aromatic rings. The molecule has 2 unspecified atom stereocenters. The molecule has 0 aliphatic carbocycles. The molecule has 1 aliphatic heterocycles. The van der Waals surface area contributed by atoms with Crippen LogP contribution in [0.2, 0.25) is 0 Å². The van der Waals surface area contributed by atoms with Gasteiger partial charge in [-0.3, -0.25) is 9.36 Å². The molecule has 0 radical (unpaired) electrons. The number of imidazole rings is 1. The Balaban J connectivity index is 0.000000637. The van der Waals surface area contributed by atoms with Gasteiger partial charge in [0.25, 0.3) is 5.56 Å². The first-order chi connectivity index (χ1) is 9.29. The van der Waals surface area contributed by atoms with Crippen LogP contribution in [0.25, 0.3) is 11.2 Å². The predicted molar refractivity (Wildman–Crippen MR) is 69.7 cm³/mol. The molecule has 0 amide bonds. The molecule has 3 rings (SSSR count). The molecule has 104 valence electrons. The number of aromatic nitrogens is 4. The first kappa shape index (κ1) is 13.7. The molecule has 0 spiro atoms. The lowest BCUT2D eigenvalue weighted by Gasteiger charge is -2.13. The van der Waals surface area contributed by atoms with E-state index < -0.39 is 0 Å². The summed E-state index contributed by atoms with van der Waals surface area (Å²) in [4.78, 5) is 22.1. The van der Waals surface area contributed by atoms with Gasteiger partial charge in [0, 0.05) is 0 Å². The van der Waals surface area contributed by atoms with Crippen molar-refractivity contribution in [2.45, 2.75) is 39.0 Å². The van der Waals surface area contributed by atoms with Gasteiger partial charge in [-0.1, -0.05) is 13.8 Å². The van der Waals surface area contributed by atoms with Gasteiger partial charge in [-0.05, 0) is 12.8 Å². The Morgan fingerprint density at radius 3 is 2.95 bits per heavy atom. The molecule has 1 fully saturated rings. The van der Waals surface area contributed by atoms with Gasteiger partial charge < -0.3 is 14.8 Å². The quantitative estimate of drug-likeness (QED) is 0.839. The van der Waals surface area contributed by atoms with E-state index in [-0.39, 0.29) is 24.5 Å². The fourth-order valence-corrected chi connectivity index (χ4v) is 2.10. The fraction of sp³-hybridized carbons (Fsp3) is 0.583. The molecule has 3 heterocycles.